The number of benzene rings is 1. The van der Waals surface area contributed by atoms with Crippen molar-refractivity contribution in [1.29, 1.82) is 5.26 Å². The highest BCUT2D eigenvalue weighted by Gasteiger charge is 2.16. The molecule has 1 atom stereocenters. The fraction of sp³-hybridized carbons (Fsp3) is 0.500. The van der Waals surface area contributed by atoms with E-state index in [2.05, 4.69) is 6.07 Å². The van der Waals surface area contributed by atoms with Gasteiger partial charge in [-0.25, -0.2) is 4.39 Å². The molecule has 4 heteroatoms. The summed E-state index contributed by atoms with van der Waals surface area (Å²) >= 11 is 0. The largest absolute Gasteiger partial charge is 0.493 e. The SMILES string of the molecule is C[C@H](N)c1ccc(OCCC(C)(C)C#N)cc1F. The van der Waals surface area contributed by atoms with Crippen molar-refractivity contribution in [1.82, 2.24) is 0 Å². The van der Waals surface area contributed by atoms with Crippen LogP contribution in [0.25, 0.3) is 0 Å². The van der Waals surface area contributed by atoms with Crippen molar-refractivity contribution in [3.8, 4) is 11.8 Å². The molecule has 0 aliphatic rings. The predicted octanol–water partition coefficient (Wildman–Crippen LogP) is 3.16. The maximum Gasteiger partial charge on any atom is 0.131 e. The third-order valence-electron chi connectivity index (χ3n) is 2.76. The minimum absolute atomic E-state index is 0.337. The average molecular weight is 250 g/mol. The molecule has 0 fully saturated rings. The Morgan fingerprint density at radius 3 is 2.67 bits per heavy atom. The minimum atomic E-state index is -0.426. The Morgan fingerprint density at radius 1 is 1.50 bits per heavy atom. The second kappa shape index (κ2) is 5.83. The van der Waals surface area contributed by atoms with E-state index in [1.54, 1.807) is 19.1 Å². The molecule has 0 aliphatic carbocycles. The Morgan fingerprint density at radius 2 is 2.17 bits per heavy atom. The fourth-order valence-electron chi connectivity index (χ4n) is 1.45. The molecule has 0 amide bonds. The molecule has 1 rings (SSSR count). The molecule has 0 bridgehead atoms. The summed E-state index contributed by atoms with van der Waals surface area (Å²) in [5.74, 6) is 0.104. The molecule has 1 aromatic rings. The van der Waals surface area contributed by atoms with Crippen LogP contribution in [0.2, 0.25) is 0 Å². The van der Waals surface area contributed by atoms with Gasteiger partial charge in [-0.2, -0.15) is 5.26 Å². The highest BCUT2D eigenvalue weighted by atomic mass is 19.1. The summed E-state index contributed by atoms with van der Waals surface area (Å²) in [4.78, 5) is 0. The summed E-state index contributed by atoms with van der Waals surface area (Å²) in [6, 6.07) is 6.51. The van der Waals surface area contributed by atoms with Crippen LogP contribution in [-0.4, -0.2) is 6.61 Å². The summed E-state index contributed by atoms with van der Waals surface area (Å²) in [7, 11) is 0. The molecule has 0 heterocycles. The summed E-state index contributed by atoms with van der Waals surface area (Å²) < 4.78 is 19.0. The Balaban J connectivity index is 2.60. The lowest BCUT2D eigenvalue weighted by molar-refractivity contribution is 0.263. The van der Waals surface area contributed by atoms with Crippen LogP contribution in [0, 0.1) is 22.6 Å². The molecule has 18 heavy (non-hydrogen) atoms. The van der Waals surface area contributed by atoms with Crippen molar-refractivity contribution < 1.29 is 9.13 Å². The van der Waals surface area contributed by atoms with Gasteiger partial charge in [-0.1, -0.05) is 6.07 Å². The van der Waals surface area contributed by atoms with Crippen LogP contribution in [-0.2, 0) is 0 Å². The summed E-state index contributed by atoms with van der Waals surface area (Å²) in [5, 5.41) is 8.85. The minimum Gasteiger partial charge on any atom is -0.493 e. The third kappa shape index (κ3) is 4.01. The zero-order valence-electron chi connectivity index (χ0n) is 11.0. The van der Waals surface area contributed by atoms with Gasteiger partial charge < -0.3 is 10.5 Å². The van der Waals surface area contributed by atoms with Crippen LogP contribution in [0.15, 0.2) is 18.2 Å². The molecule has 0 saturated carbocycles. The lowest BCUT2D eigenvalue weighted by Crippen LogP contribution is -2.13. The Bertz CT molecular complexity index is 450. The van der Waals surface area contributed by atoms with E-state index in [0.717, 1.165) is 0 Å². The van der Waals surface area contributed by atoms with Gasteiger partial charge in [0.25, 0.3) is 0 Å². The van der Waals surface area contributed by atoms with E-state index < -0.39 is 5.41 Å². The molecule has 98 valence electrons. The molecule has 0 unspecified atom stereocenters. The molecule has 0 saturated heterocycles. The quantitative estimate of drug-likeness (QED) is 0.873. The normalized spacial score (nSPS) is 12.9. The number of rotatable bonds is 5. The van der Waals surface area contributed by atoms with Gasteiger partial charge in [0, 0.05) is 17.7 Å². The van der Waals surface area contributed by atoms with Crippen LogP contribution in [0.5, 0.6) is 5.75 Å². The molecular weight excluding hydrogens is 231 g/mol. The zero-order chi connectivity index (χ0) is 13.8. The topological polar surface area (TPSA) is 59.0 Å². The molecule has 1 aromatic carbocycles. The van der Waals surface area contributed by atoms with Crippen LogP contribution in [0.1, 0.15) is 38.8 Å². The van der Waals surface area contributed by atoms with E-state index in [-0.39, 0.29) is 11.9 Å². The second-order valence-corrected chi connectivity index (χ2v) is 5.07. The lowest BCUT2D eigenvalue weighted by Gasteiger charge is -2.15. The highest BCUT2D eigenvalue weighted by Crippen LogP contribution is 2.22. The van der Waals surface area contributed by atoms with Gasteiger partial charge in [0.1, 0.15) is 11.6 Å². The molecule has 0 aliphatic heterocycles. The monoisotopic (exact) mass is 250 g/mol. The van der Waals surface area contributed by atoms with Gasteiger partial charge in [0.15, 0.2) is 0 Å². The predicted molar refractivity (Wildman–Crippen MR) is 68.5 cm³/mol. The van der Waals surface area contributed by atoms with Crippen LogP contribution < -0.4 is 10.5 Å². The summed E-state index contributed by atoms with van der Waals surface area (Å²) in [6.45, 7) is 5.80. The molecule has 0 radical (unpaired) electrons. The van der Waals surface area contributed by atoms with Gasteiger partial charge in [-0.05, 0) is 33.3 Å². The molecule has 0 aromatic heterocycles. The highest BCUT2D eigenvalue weighted by molar-refractivity contribution is 5.30. The van der Waals surface area contributed by atoms with Crippen LogP contribution >= 0.6 is 0 Å². The first-order valence-electron chi connectivity index (χ1n) is 5.95. The van der Waals surface area contributed by atoms with Crippen molar-refractivity contribution >= 4 is 0 Å². The van der Waals surface area contributed by atoms with Crippen molar-refractivity contribution in [3.05, 3.63) is 29.6 Å². The number of nitrogens with zero attached hydrogens (tertiary/aromatic N) is 1. The van der Waals surface area contributed by atoms with E-state index >= 15 is 0 Å². The van der Waals surface area contributed by atoms with E-state index in [1.165, 1.54) is 6.07 Å². The number of ether oxygens (including phenoxy) is 1. The van der Waals surface area contributed by atoms with Crippen molar-refractivity contribution in [2.45, 2.75) is 33.2 Å². The van der Waals surface area contributed by atoms with Gasteiger partial charge in [0.05, 0.1) is 18.1 Å². The molecule has 2 N–H and O–H groups in total. The van der Waals surface area contributed by atoms with Crippen LogP contribution in [0.3, 0.4) is 0 Å². The number of hydrogen-bond acceptors (Lipinski definition) is 3. The Kier molecular flexibility index (Phi) is 4.69. The fourth-order valence-corrected chi connectivity index (χ4v) is 1.45. The molecule has 3 nitrogen and oxygen atoms in total. The average Bonchev–Trinajstić information content (AvgIpc) is 2.28. The second-order valence-electron chi connectivity index (χ2n) is 5.07. The van der Waals surface area contributed by atoms with E-state index in [4.69, 9.17) is 15.7 Å². The standard InChI is InChI=1S/C14H19FN2O/c1-10(17)12-5-4-11(8-13(12)15)18-7-6-14(2,3)9-16/h4-5,8,10H,6-7,17H2,1-3H3/t10-/m0/s1. The first-order chi connectivity index (χ1) is 8.35. The van der Waals surface area contributed by atoms with Crippen LogP contribution in [0.4, 0.5) is 4.39 Å². The van der Waals surface area contributed by atoms with Gasteiger partial charge >= 0.3 is 0 Å². The number of halogens is 1. The van der Waals surface area contributed by atoms with Gasteiger partial charge in [-0.3, -0.25) is 0 Å². The van der Waals surface area contributed by atoms with Crippen molar-refractivity contribution in [3.63, 3.8) is 0 Å². The van der Waals surface area contributed by atoms with Gasteiger partial charge in [0.2, 0.25) is 0 Å². The van der Waals surface area contributed by atoms with E-state index in [1.807, 2.05) is 13.8 Å². The summed E-state index contributed by atoms with van der Waals surface area (Å²) in [6.07, 6.45) is 0.597. The Labute approximate surface area is 107 Å². The number of hydrogen-bond donors (Lipinski definition) is 1. The first-order valence-corrected chi connectivity index (χ1v) is 5.95. The molecule has 0 spiro atoms. The van der Waals surface area contributed by atoms with Crippen molar-refractivity contribution in [2.75, 3.05) is 6.61 Å². The third-order valence-corrected chi connectivity index (χ3v) is 2.76. The Hall–Kier alpha value is -1.60. The number of nitrogens with two attached hydrogens (primary N) is 1. The van der Waals surface area contributed by atoms with Gasteiger partial charge in [-0.15, -0.1) is 0 Å². The lowest BCUT2D eigenvalue weighted by atomic mass is 9.92. The van der Waals surface area contributed by atoms with E-state index in [0.29, 0.717) is 24.3 Å². The van der Waals surface area contributed by atoms with E-state index in [9.17, 15) is 4.39 Å². The zero-order valence-corrected chi connectivity index (χ0v) is 11.0. The smallest absolute Gasteiger partial charge is 0.131 e. The maximum atomic E-state index is 13.6. The van der Waals surface area contributed by atoms with Crippen molar-refractivity contribution in [2.24, 2.45) is 11.1 Å². The maximum absolute atomic E-state index is 13.6. The first kappa shape index (κ1) is 14.5. The summed E-state index contributed by atoms with van der Waals surface area (Å²) in [5.41, 5.74) is 5.67. The number of nitriles is 1. The molecular formula is C14H19FN2O.